The van der Waals surface area contributed by atoms with Gasteiger partial charge in [0.2, 0.25) is 0 Å². The maximum atomic E-state index is 10.2. The first-order chi connectivity index (χ1) is 11.6. The molecule has 2 rings (SSSR count). The van der Waals surface area contributed by atoms with Crippen LogP contribution in [0.5, 0.6) is 0 Å². The molecule has 2 aromatic heterocycles. The number of rotatable bonds is 11. The SMILES string of the molecule is CCCCCCCCCC[C@H]([C@H](C)O)n1cnc2c(N)ncnc21. The Morgan fingerprint density at radius 3 is 2.38 bits per heavy atom. The molecule has 134 valence electrons. The molecule has 0 unspecified atom stereocenters. The summed E-state index contributed by atoms with van der Waals surface area (Å²) in [4.78, 5) is 12.6. The average molecular weight is 333 g/mol. The normalized spacial score (nSPS) is 14.1. The summed E-state index contributed by atoms with van der Waals surface area (Å²) in [6, 6.07) is -0.0237. The van der Waals surface area contributed by atoms with Crippen LogP contribution in [0.1, 0.15) is 77.7 Å². The van der Waals surface area contributed by atoms with E-state index in [2.05, 4.69) is 21.9 Å². The van der Waals surface area contributed by atoms with Gasteiger partial charge in [-0.05, 0) is 13.3 Å². The standard InChI is InChI=1S/C18H31N5O/c1-3-4-5-6-7-8-9-10-11-15(14(2)24)23-13-22-16-17(19)20-12-21-18(16)23/h12-15,24H,3-11H2,1-2H3,(H2,19,20,21)/t14-,15+/m0/s1. The van der Waals surface area contributed by atoms with Crippen molar-refractivity contribution in [3.05, 3.63) is 12.7 Å². The van der Waals surface area contributed by atoms with Crippen molar-refractivity contribution in [3.63, 3.8) is 0 Å². The molecule has 2 atom stereocenters. The van der Waals surface area contributed by atoms with E-state index in [4.69, 9.17) is 5.73 Å². The zero-order chi connectivity index (χ0) is 17.4. The molecule has 0 aliphatic rings. The highest BCUT2D eigenvalue weighted by Gasteiger charge is 2.20. The molecule has 0 spiro atoms. The first kappa shape index (κ1) is 18.6. The van der Waals surface area contributed by atoms with E-state index >= 15 is 0 Å². The maximum Gasteiger partial charge on any atom is 0.165 e. The summed E-state index contributed by atoms with van der Waals surface area (Å²) in [5.74, 6) is 0.384. The number of aliphatic hydroxyl groups excluding tert-OH is 1. The molecule has 24 heavy (non-hydrogen) atoms. The van der Waals surface area contributed by atoms with Gasteiger partial charge in [0.1, 0.15) is 11.8 Å². The summed E-state index contributed by atoms with van der Waals surface area (Å²) >= 11 is 0. The summed E-state index contributed by atoms with van der Waals surface area (Å²) in [5, 5.41) is 10.2. The number of nitrogens with zero attached hydrogens (tertiary/aromatic N) is 4. The highest BCUT2D eigenvalue weighted by atomic mass is 16.3. The Labute approximate surface area is 144 Å². The molecule has 3 N–H and O–H groups in total. The molecule has 6 nitrogen and oxygen atoms in total. The van der Waals surface area contributed by atoms with Gasteiger partial charge in [-0.25, -0.2) is 15.0 Å². The lowest BCUT2D eigenvalue weighted by Crippen LogP contribution is -2.21. The Morgan fingerprint density at radius 1 is 1.04 bits per heavy atom. The predicted octanol–water partition coefficient (Wildman–Crippen LogP) is 3.86. The molecule has 6 heteroatoms. The molecule has 0 radical (unpaired) electrons. The number of fused-ring (bicyclic) bond motifs is 1. The number of nitrogen functional groups attached to an aromatic ring is 1. The summed E-state index contributed by atoms with van der Waals surface area (Å²) in [6.45, 7) is 4.07. The fraction of sp³-hybridized carbons (Fsp3) is 0.722. The number of nitrogens with two attached hydrogens (primary N) is 1. The van der Waals surface area contributed by atoms with Gasteiger partial charge < -0.3 is 15.4 Å². The number of unbranched alkanes of at least 4 members (excludes halogenated alkanes) is 7. The van der Waals surface area contributed by atoms with Crippen molar-refractivity contribution in [2.45, 2.75) is 83.8 Å². The molecule has 0 aliphatic carbocycles. The van der Waals surface area contributed by atoms with Crippen LogP contribution in [0.2, 0.25) is 0 Å². The van der Waals surface area contributed by atoms with Crippen LogP contribution in [0.25, 0.3) is 11.2 Å². The second-order valence-corrected chi connectivity index (χ2v) is 6.65. The number of hydrogen-bond donors (Lipinski definition) is 2. The minimum Gasteiger partial charge on any atom is -0.391 e. The number of anilines is 1. The smallest absolute Gasteiger partial charge is 0.165 e. The van der Waals surface area contributed by atoms with Gasteiger partial charge in [-0.3, -0.25) is 0 Å². The molecular formula is C18H31N5O. The van der Waals surface area contributed by atoms with Gasteiger partial charge in [0.05, 0.1) is 18.5 Å². The van der Waals surface area contributed by atoms with Crippen LogP contribution in [0.15, 0.2) is 12.7 Å². The van der Waals surface area contributed by atoms with Crippen molar-refractivity contribution in [3.8, 4) is 0 Å². The minimum atomic E-state index is -0.455. The van der Waals surface area contributed by atoms with Crippen molar-refractivity contribution in [2.24, 2.45) is 0 Å². The lowest BCUT2D eigenvalue weighted by molar-refractivity contribution is 0.124. The summed E-state index contributed by atoms with van der Waals surface area (Å²) in [7, 11) is 0. The van der Waals surface area contributed by atoms with Crippen LogP contribution < -0.4 is 5.73 Å². The third kappa shape index (κ3) is 4.90. The van der Waals surface area contributed by atoms with Gasteiger partial charge in [-0.15, -0.1) is 0 Å². The first-order valence-electron chi connectivity index (χ1n) is 9.26. The van der Waals surface area contributed by atoms with E-state index in [-0.39, 0.29) is 6.04 Å². The van der Waals surface area contributed by atoms with E-state index in [0.717, 1.165) is 12.8 Å². The Kier molecular flexibility index (Phi) is 7.43. The van der Waals surface area contributed by atoms with E-state index < -0.39 is 6.10 Å². The van der Waals surface area contributed by atoms with Crippen LogP contribution in [0.3, 0.4) is 0 Å². The first-order valence-corrected chi connectivity index (χ1v) is 9.26. The van der Waals surface area contributed by atoms with Crippen molar-refractivity contribution >= 4 is 17.0 Å². The molecule has 0 saturated heterocycles. The van der Waals surface area contributed by atoms with Gasteiger partial charge in [-0.2, -0.15) is 0 Å². The fourth-order valence-electron chi connectivity index (χ4n) is 3.21. The van der Waals surface area contributed by atoms with E-state index in [1.54, 1.807) is 6.33 Å². The highest BCUT2D eigenvalue weighted by molar-refractivity contribution is 5.81. The molecule has 2 aromatic rings. The van der Waals surface area contributed by atoms with Crippen molar-refractivity contribution in [2.75, 3.05) is 5.73 Å². The van der Waals surface area contributed by atoms with Crippen LogP contribution in [0, 0.1) is 0 Å². The Morgan fingerprint density at radius 2 is 1.71 bits per heavy atom. The van der Waals surface area contributed by atoms with E-state index in [1.165, 1.54) is 51.3 Å². The molecule has 2 heterocycles. The number of imidazole rings is 1. The largest absolute Gasteiger partial charge is 0.391 e. The Hall–Kier alpha value is -1.69. The zero-order valence-electron chi connectivity index (χ0n) is 15.0. The number of hydrogen-bond acceptors (Lipinski definition) is 5. The third-order valence-corrected chi connectivity index (χ3v) is 4.65. The second-order valence-electron chi connectivity index (χ2n) is 6.65. The van der Waals surface area contributed by atoms with Crippen molar-refractivity contribution in [1.82, 2.24) is 19.5 Å². The van der Waals surface area contributed by atoms with Gasteiger partial charge in [0.25, 0.3) is 0 Å². The molecule has 0 saturated carbocycles. The lowest BCUT2D eigenvalue weighted by Gasteiger charge is -2.21. The summed E-state index contributed by atoms with van der Waals surface area (Å²) in [5.41, 5.74) is 7.16. The molecule has 0 bridgehead atoms. The topological polar surface area (TPSA) is 89.8 Å². The Balaban J connectivity index is 1.87. The lowest BCUT2D eigenvalue weighted by atomic mass is 10.0. The van der Waals surface area contributed by atoms with Crippen LogP contribution >= 0.6 is 0 Å². The van der Waals surface area contributed by atoms with E-state index in [0.29, 0.717) is 17.0 Å². The predicted molar refractivity (Wildman–Crippen MR) is 97.7 cm³/mol. The minimum absolute atomic E-state index is 0.0237. The molecule has 0 amide bonds. The Bertz CT molecular complexity index is 610. The summed E-state index contributed by atoms with van der Waals surface area (Å²) < 4.78 is 1.94. The molecule has 0 fully saturated rings. The zero-order valence-corrected chi connectivity index (χ0v) is 15.0. The van der Waals surface area contributed by atoms with Crippen molar-refractivity contribution < 1.29 is 5.11 Å². The number of aromatic nitrogens is 4. The number of aliphatic hydroxyl groups is 1. The second kappa shape index (κ2) is 9.57. The third-order valence-electron chi connectivity index (χ3n) is 4.65. The van der Waals surface area contributed by atoms with Crippen molar-refractivity contribution in [1.29, 1.82) is 0 Å². The monoisotopic (exact) mass is 333 g/mol. The van der Waals surface area contributed by atoms with Gasteiger partial charge in [0, 0.05) is 0 Å². The van der Waals surface area contributed by atoms with E-state index in [1.807, 2.05) is 11.5 Å². The average Bonchev–Trinajstić information content (AvgIpc) is 2.98. The van der Waals surface area contributed by atoms with E-state index in [9.17, 15) is 5.11 Å². The van der Waals surface area contributed by atoms with Gasteiger partial charge in [-0.1, -0.05) is 58.3 Å². The van der Waals surface area contributed by atoms with Crippen LogP contribution in [-0.4, -0.2) is 30.7 Å². The molecular weight excluding hydrogens is 302 g/mol. The molecule has 0 aliphatic heterocycles. The molecule has 0 aromatic carbocycles. The van der Waals surface area contributed by atoms with Crippen LogP contribution in [-0.2, 0) is 0 Å². The van der Waals surface area contributed by atoms with Gasteiger partial charge in [0.15, 0.2) is 11.5 Å². The highest BCUT2D eigenvalue weighted by Crippen LogP contribution is 2.25. The van der Waals surface area contributed by atoms with Crippen LogP contribution in [0.4, 0.5) is 5.82 Å². The fourth-order valence-corrected chi connectivity index (χ4v) is 3.21. The quantitative estimate of drug-likeness (QED) is 0.609. The van der Waals surface area contributed by atoms with Gasteiger partial charge >= 0.3 is 0 Å². The maximum absolute atomic E-state index is 10.2. The summed E-state index contributed by atoms with van der Waals surface area (Å²) in [6.07, 6.45) is 13.9.